The van der Waals surface area contributed by atoms with Crippen molar-refractivity contribution < 1.29 is 9.45 Å². The summed E-state index contributed by atoms with van der Waals surface area (Å²) in [5.74, 6) is 0.675. The Morgan fingerprint density at radius 3 is 2.39 bits per heavy atom. The number of benzene rings is 1. The van der Waals surface area contributed by atoms with E-state index in [-0.39, 0.29) is 5.69 Å². The van der Waals surface area contributed by atoms with Gasteiger partial charge in [0.1, 0.15) is 0 Å². The van der Waals surface area contributed by atoms with E-state index in [4.69, 9.17) is 10.3 Å². The van der Waals surface area contributed by atoms with Crippen LogP contribution in [0.15, 0.2) is 28.8 Å². The lowest BCUT2D eigenvalue weighted by molar-refractivity contribution is -0.384. The predicted octanol–water partition coefficient (Wildman–Crippen LogP) is 1.84. The monoisotopic (exact) mass is 248 g/mol. The molecule has 0 fully saturated rings. The first-order chi connectivity index (χ1) is 8.38. The Hall–Kier alpha value is -2.28. The van der Waals surface area contributed by atoms with Gasteiger partial charge in [-0.25, -0.2) is 0 Å². The summed E-state index contributed by atoms with van der Waals surface area (Å²) in [6, 6.07) is 5.91. The van der Waals surface area contributed by atoms with E-state index in [0.717, 1.165) is 0 Å². The van der Waals surface area contributed by atoms with E-state index in [2.05, 4.69) is 10.1 Å². The van der Waals surface area contributed by atoms with Crippen LogP contribution in [0.5, 0.6) is 0 Å². The number of nitro groups is 1. The minimum Gasteiger partial charge on any atom is -0.337 e. The maximum Gasteiger partial charge on any atom is 0.269 e. The molecule has 1 aromatic heterocycles. The quantitative estimate of drug-likeness (QED) is 0.655. The van der Waals surface area contributed by atoms with Crippen LogP contribution in [0.2, 0.25) is 0 Å². The lowest BCUT2D eigenvalue weighted by Gasteiger charge is -2.10. The highest BCUT2D eigenvalue weighted by Gasteiger charge is 2.22. The molecule has 2 aromatic rings. The normalized spacial score (nSPS) is 11.5. The van der Waals surface area contributed by atoms with Gasteiger partial charge in [0, 0.05) is 17.7 Å². The highest BCUT2D eigenvalue weighted by molar-refractivity contribution is 5.56. The van der Waals surface area contributed by atoms with Crippen molar-refractivity contribution in [2.75, 3.05) is 0 Å². The average molecular weight is 248 g/mol. The fourth-order valence-electron chi connectivity index (χ4n) is 1.33. The predicted molar refractivity (Wildman–Crippen MR) is 63.6 cm³/mol. The zero-order chi connectivity index (χ0) is 13.3. The second-order valence-electron chi connectivity index (χ2n) is 4.45. The van der Waals surface area contributed by atoms with Crippen molar-refractivity contribution >= 4 is 5.69 Å². The van der Waals surface area contributed by atoms with E-state index in [0.29, 0.717) is 17.3 Å². The molecule has 7 heteroatoms. The van der Waals surface area contributed by atoms with Crippen LogP contribution < -0.4 is 5.73 Å². The van der Waals surface area contributed by atoms with E-state index < -0.39 is 10.5 Å². The second kappa shape index (κ2) is 4.19. The van der Waals surface area contributed by atoms with Crippen LogP contribution >= 0.6 is 0 Å². The van der Waals surface area contributed by atoms with Crippen molar-refractivity contribution in [3.05, 3.63) is 40.3 Å². The lowest BCUT2D eigenvalue weighted by atomic mass is 10.1. The number of aromatic nitrogens is 2. The Balaban J connectivity index is 2.32. The van der Waals surface area contributed by atoms with Gasteiger partial charge >= 0.3 is 0 Å². The summed E-state index contributed by atoms with van der Waals surface area (Å²) in [7, 11) is 0. The molecule has 0 saturated carbocycles. The minimum atomic E-state index is -0.716. The summed E-state index contributed by atoms with van der Waals surface area (Å²) in [6.07, 6.45) is 0. The van der Waals surface area contributed by atoms with Crippen molar-refractivity contribution in [1.29, 1.82) is 0 Å². The van der Waals surface area contributed by atoms with Crippen molar-refractivity contribution in [2.24, 2.45) is 5.73 Å². The number of hydrogen-bond donors (Lipinski definition) is 1. The van der Waals surface area contributed by atoms with Gasteiger partial charge < -0.3 is 10.3 Å². The molecule has 0 radical (unpaired) electrons. The number of nitro benzene ring substituents is 1. The molecule has 0 amide bonds. The molecule has 0 saturated heterocycles. The topological polar surface area (TPSA) is 108 Å². The largest absolute Gasteiger partial charge is 0.337 e. The van der Waals surface area contributed by atoms with Crippen LogP contribution in [0.3, 0.4) is 0 Å². The molecule has 2 rings (SSSR count). The van der Waals surface area contributed by atoms with Gasteiger partial charge in [0.2, 0.25) is 11.7 Å². The van der Waals surface area contributed by atoms with E-state index in [1.54, 1.807) is 26.0 Å². The maximum atomic E-state index is 10.5. The first-order valence-electron chi connectivity index (χ1n) is 5.26. The van der Waals surface area contributed by atoms with Gasteiger partial charge in [0.05, 0.1) is 10.5 Å². The summed E-state index contributed by atoms with van der Waals surface area (Å²) >= 11 is 0. The van der Waals surface area contributed by atoms with E-state index in [9.17, 15) is 10.1 Å². The summed E-state index contributed by atoms with van der Waals surface area (Å²) < 4.78 is 5.04. The Morgan fingerprint density at radius 1 is 1.33 bits per heavy atom. The second-order valence-corrected chi connectivity index (χ2v) is 4.45. The number of hydrogen-bond acceptors (Lipinski definition) is 6. The van der Waals surface area contributed by atoms with Crippen molar-refractivity contribution in [3.8, 4) is 11.4 Å². The van der Waals surface area contributed by atoms with Crippen molar-refractivity contribution in [2.45, 2.75) is 19.4 Å². The molecule has 0 unspecified atom stereocenters. The number of rotatable bonds is 3. The number of nitrogens with zero attached hydrogens (tertiary/aromatic N) is 3. The Labute approximate surface area is 103 Å². The highest BCUT2D eigenvalue weighted by Crippen LogP contribution is 2.22. The molecule has 1 aromatic carbocycles. The van der Waals surface area contributed by atoms with Gasteiger partial charge in [-0.1, -0.05) is 5.16 Å². The standard InChI is InChI=1S/C11H12N4O3/c1-11(2,12)10-13-9(14-18-10)7-3-5-8(6-4-7)15(16)17/h3-6H,12H2,1-2H3. The molecule has 94 valence electrons. The molecule has 2 N–H and O–H groups in total. The van der Waals surface area contributed by atoms with E-state index in [1.807, 2.05) is 0 Å². The Kier molecular flexibility index (Phi) is 2.84. The first-order valence-corrected chi connectivity index (χ1v) is 5.26. The molecule has 0 bridgehead atoms. The fourth-order valence-corrected chi connectivity index (χ4v) is 1.33. The third-order valence-electron chi connectivity index (χ3n) is 2.31. The Bertz CT molecular complexity index is 569. The van der Waals surface area contributed by atoms with Crippen LogP contribution in [-0.4, -0.2) is 15.1 Å². The summed E-state index contributed by atoms with van der Waals surface area (Å²) in [5, 5.41) is 14.3. The molecule has 18 heavy (non-hydrogen) atoms. The smallest absolute Gasteiger partial charge is 0.269 e. The van der Waals surface area contributed by atoms with Crippen LogP contribution in [-0.2, 0) is 5.54 Å². The van der Waals surface area contributed by atoms with Gasteiger partial charge in [0.25, 0.3) is 5.69 Å². The van der Waals surface area contributed by atoms with Crippen molar-refractivity contribution in [3.63, 3.8) is 0 Å². The molecule has 0 aliphatic rings. The van der Waals surface area contributed by atoms with E-state index in [1.165, 1.54) is 12.1 Å². The molecular formula is C11H12N4O3. The van der Waals surface area contributed by atoms with Gasteiger partial charge in [-0.15, -0.1) is 0 Å². The average Bonchev–Trinajstić information content (AvgIpc) is 2.78. The SMILES string of the molecule is CC(C)(N)c1nc(-c2ccc([N+](=O)[O-])cc2)no1. The molecule has 1 heterocycles. The van der Waals surface area contributed by atoms with Gasteiger partial charge in [0.15, 0.2) is 0 Å². The van der Waals surface area contributed by atoms with Gasteiger partial charge in [-0.2, -0.15) is 4.98 Å². The van der Waals surface area contributed by atoms with Crippen LogP contribution in [0, 0.1) is 10.1 Å². The van der Waals surface area contributed by atoms with Gasteiger partial charge in [-0.3, -0.25) is 10.1 Å². The number of nitrogens with two attached hydrogens (primary N) is 1. The molecular weight excluding hydrogens is 236 g/mol. The minimum absolute atomic E-state index is 0.0154. The lowest BCUT2D eigenvalue weighted by Crippen LogP contribution is -2.28. The van der Waals surface area contributed by atoms with Crippen LogP contribution in [0.4, 0.5) is 5.69 Å². The summed E-state index contributed by atoms with van der Waals surface area (Å²) in [6.45, 7) is 3.50. The van der Waals surface area contributed by atoms with Crippen LogP contribution in [0.25, 0.3) is 11.4 Å². The zero-order valence-electron chi connectivity index (χ0n) is 9.95. The zero-order valence-corrected chi connectivity index (χ0v) is 9.95. The summed E-state index contributed by atoms with van der Waals surface area (Å²) in [5.41, 5.74) is 5.76. The third kappa shape index (κ3) is 2.35. The molecule has 7 nitrogen and oxygen atoms in total. The molecule has 0 atom stereocenters. The van der Waals surface area contributed by atoms with Crippen molar-refractivity contribution in [1.82, 2.24) is 10.1 Å². The molecule has 0 aliphatic carbocycles. The molecule has 0 spiro atoms. The molecule has 0 aliphatic heterocycles. The Morgan fingerprint density at radius 2 is 1.94 bits per heavy atom. The fraction of sp³-hybridized carbons (Fsp3) is 0.273. The third-order valence-corrected chi connectivity index (χ3v) is 2.31. The summed E-state index contributed by atoms with van der Waals surface area (Å²) in [4.78, 5) is 14.2. The van der Waals surface area contributed by atoms with Gasteiger partial charge in [-0.05, 0) is 26.0 Å². The maximum absolute atomic E-state index is 10.5. The van der Waals surface area contributed by atoms with Crippen LogP contribution in [0.1, 0.15) is 19.7 Å². The highest BCUT2D eigenvalue weighted by atomic mass is 16.6. The first kappa shape index (κ1) is 12.2. The van der Waals surface area contributed by atoms with E-state index >= 15 is 0 Å². The number of non-ortho nitro benzene ring substituents is 1.